The van der Waals surface area contributed by atoms with Gasteiger partial charge in [0, 0.05) is 24.4 Å². The third-order valence-electron chi connectivity index (χ3n) is 4.32. The van der Waals surface area contributed by atoms with Crippen LogP contribution >= 0.6 is 0 Å². The highest BCUT2D eigenvalue weighted by molar-refractivity contribution is 5.87. The zero-order chi connectivity index (χ0) is 19.8. The van der Waals surface area contributed by atoms with Gasteiger partial charge in [-0.15, -0.1) is 0 Å². The van der Waals surface area contributed by atoms with Crippen LogP contribution in [-0.2, 0) is 16.1 Å². The Morgan fingerprint density at radius 1 is 1.00 bits per heavy atom. The smallest absolute Gasteiger partial charge is 0.330 e. The van der Waals surface area contributed by atoms with E-state index in [4.69, 9.17) is 4.74 Å². The molecule has 0 amide bonds. The van der Waals surface area contributed by atoms with E-state index in [0.717, 1.165) is 33.7 Å². The number of carbonyl (C=O) groups excluding carboxylic acids is 1. The van der Waals surface area contributed by atoms with E-state index in [1.165, 1.54) is 13.2 Å². The molecular formula is C24H23NO3. The maximum atomic E-state index is 11.4. The Kier molecular flexibility index (Phi) is 6.47. The Labute approximate surface area is 165 Å². The van der Waals surface area contributed by atoms with Gasteiger partial charge in [-0.25, -0.2) is 4.79 Å². The van der Waals surface area contributed by atoms with Crippen molar-refractivity contribution in [1.29, 1.82) is 0 Å². The Bertz CT molecular complexity index is 965. The minimum absolute atomic E-state index is 0.391. The van der Waals surface area contributed by atoms with Crippen molar-refractivity contribution in [3.05, 3.63) is 90.0 Å². The predicted molar refractivity (Wildman–Crippen MR) is 113 cm³/mol. The van der Waals surface area contributed by atoms with Crippen molar-refractivity contribution >= 4 is 17.7 Å². The molecule has 0 aliphatic heterocycles. The second kappa shape index (κ2) is 9.42. The van der Waals surface area contributed by atoms with Gasteiger partial charge in [0.1, 0.15) is 12.4 Å². The summed E-state index contributed by atoms with van der Waals surface area (Å²) < 4.78 is 10.8. The first-order valence-electron chi connectivity index (χ1n) is 9.04. The molecule has 0 unspecified atom stereocenters. The third-order valence-corrected chi connectivity index (χ3v) is 4.32. The van der Waals surface area contributed by atoms with Gasteiger partial charge in [0.15, 0.2) is 0 Å². The monoisotopic (exact) mass is 373 g/mol. The number of nitrogens with one attached hydrogen (secondary N) is 1. The number of carbonyl (C=O) groups is 1. The number of methoxy groups -OCH3 is 1. The van der Waals surface area contributed by atoms with Crippen LogP contribution < -0.4 is 10.1 Å². The summed E-state index contributed by atoms with van der Waals surface area (Å²) in [5.41, 5.74) is 5.03. The van der Waals surface area contributed by atoms with Gasteiger partial charge in [-0.1, -0.05) is 54.6 Å². The summed E-state index contributed by atoms with van der Waals surface area (Å²) in [5, 5.41) is 3.16. The fourth-order valence-corrected chi connectivity index (χ4v) is 2.81. The van der Waals surface area contributed by atoms with Crippen LogP contribution in [0.15, 0.2) is 78.9 Å². The molecule has 142 valence electrons. The van der Waals surface area contributed by atoms with Gasteiger partial charge in [0.25, 0.3) is 0 Å². The summed E-state index contributed by atoms with van der Waals surface area (Å²) in [6, 6.07) is 24.1. The lowest BCUT2D eigenvalue weighted by Gasteiger charge is -2.14. The number of esters is 1. The molecule has 0 aliphatic carbocycles. The number of hydrogen-bond acceptors (Lipinski definition) is 4. The molecule has 0 heterocycles. The predicted octanol–water partition coefficient (Wildman–Crippen LogP) is 5.16. The van der Waals surface area contributed by atoms with E-state index in [1.807, 2.05) is 67.7 Å². The summed E-state index contributed by atoms with van der Waals surface area (Å²) in [6.07, 6.45) is 3.12. The summed E-state index contributed by atoms with van der Waals surface area (Å²) in [6.45, 7) is 0.462. The van der Waals surface area contributed by atoms with Gasteiger partial charge in [-0.3, -0.25) is 0 Å². The Morgan fingerprint density at radius 2 is 1.82 bits per heavy atom. The van der Waals surface area contributed by atoms with E-state index in [1.54, 1.807) is 6.08 Å². The van der Waals surface area contributed by atoms with Crippen molar-refractivity contribution in [2.75, 3.05) is 19.5 Å². The lowest BCUT2D eigenvalue weighted by Crippen LogP contribution is -1.98. The van der Waals surface area contributed by atoms with Gasteiger partial charge in [-0.05, 0) is 41.0 Å². The van der Waals surface area contributed by atoms with Gasteiger partial charge in [-0.2, -0.15) is 0 Å². The fourth-order valence-electron chi connectivity index (χ4n) is 2.81. The highest BCUT2D eigenvalue weighted by atomic mass is 16.5. The number of hydrogen-bond donors (Lipinski definition) is 1. The molecule has 4 nitrogen and oxygen atoms in total. The van der Waals surface area contributed by atoms with Gasteiger partial charge < -0.3 is 14.8 Å². The minimum Gasteiger partial charge on any atom is -0.488 e. The van der Waals surface area contributed by atoms with E-state index in [-0.39, 0.29) is 0 Å². The van der Waals surface area contributed by atoms with Crippen LogP contribution in [0.25, 0.3) is 17.2 Å². The van der Waals surface area contributed by atoms with Crippen molar-refractivity contribution in [3.63, 3.8) is 0 Å². The van der Waals surface area contributed by atoms with Crippen LogP contribution in [0.2, 0.25) is 0 Å². The SMILES string of the molecule is CNc1cccc(-c2ccc(C=CC(=O)OC)cc2OCc2ccccc2)c1. The van der Waals surface area contributed by atoms with E-state index in [9.17, 15) is 4.79 Å². The van der Waals surface area contributed by atoms with Crippen molar-refractivity contribution in [2.24, 2.45) is 0 Å². The van der Waals surface area contributed by atoms with Gasteiger partial charge >= 0.3 is 5.97 Å². The summed E-state index contributed by atoms with van der Waals surface area (Å²) in [7, 11) is 3.26. The average Bonchev–Trinajstić information content (AvgIpc) is 2.76. The molecule has 4 heteroatoms. The molecule has 1 N–H and O–H groups in total. The molecule has 0 aliphatic rings. The number of rotatable bonds is 7. The van der Waals surface area contributed by atoms with Crippen LogP contribution in [0.4, 0.5) is 5.69 Å². The first-order valence-corrected chi connectivity index (χ1v) is 9.04. The zero-order valence-corrected chi connectivity index (χ0v) is 16.0. The molecular weight excluding hydrogens is 350 g/mol. The fraction of sp³-hybridized carbons (Fsp3) is 0.125. The topological polar surface area (TPSA) is 47.6 Å². The van der Waals surface area contributed by atoms with Crippen LogP contribution in [0.3, 0.4) is 0 Å². The summed E-state index contributed by atoms with van der Waals surface area (Å²) >= 11 is 0. The number of benzene rings is 3. The normalized spacial score (nSPS) is 10.6. The molecule has 3 rings (SSSR count). The van der Waals surface area contributed by atoms with Crippen LogP contribution in [0.1, 0.15) is 11.1 Å². The summed E-state index contributed by atoms with van der Waals surface area (Å²) in [5.74, 6) is 0.363. The first kappa shape index (κ1) is 19.2. The zero-order valence-electron chi connectivity index (χ0n) is 16.0. The van der Waals surface area contributed by atoms with E-state index >= 15 is 0 Å². The highest BCUT2D eigenvalue weighted by Crippen LogP contribution is 2.33. The Hall–Kier alpha value is -3.53. The molecule has 28 heavy (non-hydrogen) atoms. The van der Waals surface area contributed by atoms with Crippen molar-refractivity contribution in [3.8, 4) is 16.9 Å². The van der Waals surface area contributed by atoms with Crippen molar-refractivity contribution < 1.29 is 14.3 Å². The van der Waals surface area contributed by atoms with Crippen molar-refractivity contribution in [2.45, 2.75) is 6.61 Å². The molecule has 0 fully saturated rings. The lowest BCUT2D eigenvalue weighted by molar-refractivity contribution is -0.134. The molecule has 0 saturated heterocycles. The van der Waals surface area contributed by atoms with Crippen molar-refractivity contribution in [1.82, 2.24) is 0 Å². The van der Waals surface area contributed by atoms with Crippen LogP contribution in [-0.4, -0.2) is 20.1 Å². The maximum Gasteiger partial charge on any atom is 0.330 e. The second-order valence-electron chi connectivity index (χ2n) is 6.22. The van der Waals surface area contributed by atoms with E-state index in [0.29, 0.717) is 6.61 Å². The lowest BCUT2D eigenvalue weighted by atomic mass is 10.0. The molecule has 3 aromatic carbocycles. The summed E-state index contributed by atoms with van der Waals surface area (Å²) in [4.78, 5) is 11.4. The van der Waals surface area contributed by atoms with Gasteiger partial charge in [0.2, 0.25) is 0 Å². The van der Waals surface area contributed by atoms with Gasteiger partial charge in [0.05, 0.1) is 7.11 Å². The van der Waals surface area contributed by atoms with E-state index < -0.39 is 5.97 Å². The molecule has 3 aromatic rings. The van der Waals surface area contributed by atoms with Crippen LogP contribution in [0, 0.1) is 0 Å². The Balaban J connectivity index is 1.94. The minimum atomic E-state index is -0.391. The highest BCUT2D eigenvalue weighted by Gasteiger charge is 2.09. The molecule has 0 bridgehead atoms. The largest absolute Gasteiger partial charge is 0.488 e. The van der Waals surface area contributed by atoms with E-state index in [2.05, 4.69) is 22.2 Å². The third kappa shape index (κ3) is 5.01. The second-order valence-corrected chi connectivity index (χ2v) is 6.22. The molecule has 0 aromatic heterocycles. The molecule has 0 saturated carbocycles. The Morgan fingerprint density at radius 3 is 2.57 bits per heavy atom. The molecule has 0 atom stereocenters. The average molecular weight is 373 g/mol. The standard InChI is InChI=1S/C24H23NO3/c1-25-21-10-6-9-20(16-21)22-13-11-18(12-14-24(26)27-2)15-23(22)28-17-19-7-4-3-5-8-19/h3-16,25H,17H2,1-2H3. The maximum absolute atomic E-state index is 11.4. The molecule has 0 spiro atoms. The quantitative estimate of drug-likeness (QED) is 0.459. The van der Waals surface area contributed by atoms with Crippen LogP contribution in [0.5, 0.6) is 5.75 Å². The number of ether oxygens (including phenoxy) is 2. The first-order chi connectivity index (χ1) is 13.7. The number of anilines is 1. The molecule has 0 radical (unpaired) electrons.